The van der Waals surface area contributed by atoms with Gasteiger partial charge in [-0.2, -0.15) is 0 Å². The SMILES string of the molecule is CC(C)c1ccccc1NC(=O)c1ccc2c(c1)NC(=O)CO2. The van der Waals surface area contributed by atoms with Gasteiger partial charge in [-0.15, -0.1) is 0 Å². The fraction of sp³-hybridized carbons (Fsp3) is 0.222. The summed E-state index contributed by atoms with van der Waals surface area (Å²) in [5.74, 6) is 0.437. The standard InChI is InChI=1S/C18H18N2O3/c1-11(2)13-5-3-4-6-14(13)20-18(22)12-7-8-16-15(9-12)19-17(21)10-23-16/h3-9,11H,10H2,1-2H3,(H,19,21)(H,20,22). The van der Waals surface area contributed by atoms with Crippen LogP contribution in [0.5, 0.6) is 5.75 Å². The number of hydrogen-bond donors (Lipinski definition) is 2. The van der Waals surface area contributed by atoms with Crippen LogP contribution >= 0.6 is 0 Å². The molecular formula is C18H18N2O3. The van der Waals surface area contributed by atoms with E-state index >= 15 is 0 Å². The minimum Gasteiger partial charge on any atom is -0.482 e. The first-order valence-corrected chi connectivity index (χ1v) is 7.51. The minimum absolute atomic E-state index is 0.000304. The van der Waals surface area contributed by atoms with Gasteiger partial charge in [-0.05, 0) is 35.7 Å². The fourth-order valence-electron chi connectivity index (χ4n) is 2.53. The number of hydrogen-bond acceptors (Lipinski definition) is 3. The van der Waals surface area contributed by atoms with E-state index in [4.69, 9.17) is 4.74 Å². The summed E-state index contributed by atoms with van der Waals surface area (Å²) >= 11 is 0. The molecule has 0 fully saturated rings. The third-order valence-corrected chi connectivity index (χ3v) is 3.71. The second-order valence-corrected chi connectivity index (χ2v) is 5.74. The van der Waals surface area contributed by atoms with E-state index in [0.717, 1.165) is 11.3 Å². The lowest BCUT2D eigenvalue weighted by Crippen LogP contribution is -2.25. The molecule has 118 valence electrons. The Labute approximate surface area is 134 Å². The summed E-state index contributed by atoms with van der Waals surface area (Å²) in [4.78, 5) is 23.9. The van der Waals surface area contributed by atoms with Crippen molar-refractivity contribution in [1.29, 1.82) is 0 Å². The summed E-state index contributed by atoms with van der Waals surface area (Å²) in [6.45, 7) is 4.16. The molecule has 1 aliphatic rings. The van der Waals surface area contributed by atoms with Gasteiger partial charge in [0.25, 0.3) is 11.8 Å². The zero-order chi connectivity index (χ0) is 16.4. The van der Waals surface area contributed by atoms with Crippen LogP contribution in [-0.4, -0.2) is 18.4 Å². The van der Waals surface area contributed by atoms with Crippen LogP contribution in [0.1, 0.15) is 35.7 Å². The number of ether oxygens (including phenoxy) is 1. The van der Waals surface area contributed by atoms with Crippen LogP contribution in [0.2, 0.25) is 0 Å². The van der Waals surface area contributed by atoms with E-state index in [2.05, 4.69) is 24.5 Å². The Kier molecular flexibility index (Phi) is 4.02. The molecule has 0 aliphatic carbocycles. The molecule has 2 aromatic rings. The normalized spacial score (nSPS) is 13.1. The topological polar surface area (TPSA) is 67.4 Å². The van der Waals surface area contributed by atoms with Gasteiger partial charge in [0, 0.05) is 11.3 Å². The smallest absolute Gasteiger partial charge is 0.262 e. The van der Waals surface area contributed by atoms with Crippen LogP contribution in [-0.2, 0) is 4.79 Å². The van der Waals surface area contributed by atoms with Crippen LogP contribution < -0.4 is 15.4 Å². The largest absolute Gasteiger partial charge is 0.482 e. The van der Waals surface area contributed by atoms with Crippen molar-refractivity contribution in [2.75, 3.05) is 17.2 Å². The van der Waals surface area contributed by atoms with E-state index < -0.39 is 0 Å². The van der Waals surface area contributed by atoms with Gasteiger partial charge in [0.05, 0.1) is 5.69 Å². The second kappa shape index (κ2) is 6.12. The second-order valence-electron chi connectivity index (χ2n) is 5.74. The first-order valence-electron chi connectivity index (χ1n) is 7.51. The van der Waals surface area contributed by atoms with Crippen LogP contribution in [0.4, 0.5) is 11.4 Å². The maximum absolute atomic E-state index is 12.5. The molecule has 23 heavy (non-hydrogen) atoms. The van der Waals surface area contributed by atoms with Crippen molar-refractivity contribution in [3.05, 3.63) is 53.6 Å². The van der Waals surface area contributed by atoms with E-state index in [1.54, 1.807) is 18.2 Å². The van der Waals surface area contributed by atoms with Crippen molar-refractivity contribution in [2.45, 2.75) is 19.8 Å². The zero-order valence-electron chi connectivity index (χ0n) is 13.1. The van der Waals surface area contributed by atoms with Gasteiger partial charge in [-0.3, -0.25) is 9.59 Å². The Morgan fingerprint density at radius 3 is 2.78 bits per heavy atom. The lowest BCUT2D eigenvalue weighted by atomic mass is 10.0. The summed E-state index contributed by atoms with van der Waals surface area (Å²) in [6, 6.07) is 12.7. The number of carbonyl (C=O) groups is 2. The molecule has 5 nitrogen and oxygen atoms in total. The van der Waals surface area contributed by atoms with Crippen molar-refractivity contribution < 1.29 is 14.3 Å². The summed E-state index contributed by atoms with van der Waals surface area (Å²) in [5, 5.41) is 5.64. The molecule has 0 radical (unpaired) electrons. The number of carbonyl (C=O) groups excluding carboxylic acids is 2. The van der Waals surface area contributed by atoms with Crippen molar-refractivity contribution >= 4 is 23.2 Å². The molecule has 0 saturated heterocycles. The molecule has 0 aromatic heterocycles. The minimum atomic E-state index is -0.222. The highest BCUT2D eigenvalue weighted by molar-refractivity contribution is 6.06. The molecule has 2 N–H and O–H groups in total. The average Bonchev–Trinajstić information content (AvgIpc) is 2.54. The lowest BCUT2D eigenvalue weighted by molar-refractivity contribution is -0.118. The Balaban J connectivity index is 1.84. The van der Waals surface area contributed by atoms with Crippen LogP contribution in [0.3, 0.4) is 0 Å². The van der Waals surface area contributed by atoms with Gasteiger partial charge in [0.2, 0.25) is 0 Å². The number of para-hydroxylation sites is 1. The molecule has 1 aliphatic heterocycles. The molecule has 3 rings (SSSR count). The molecule has 0 atom stereocenters. The predicted octanol–water partition coefficient (Wildman–Crippen LogP) is 3.39. The molecule has 2 amide bonds. The first-order chi connectivity index (χ1) is 11.0. The molecule has 5 heteroatoms. The Bertz CT molecular complexity index is 769. The number of nitrogens with one attached hydrogen (secondary N) is 2. The van der Waals surface area contributed by atoms with E-state index in [1.807, 2.05) is 24.3 Å². The summed E-state index contributed by atoms with van der Waals surface area (Å²) in [6.07, 6.45) is 0. The average molecular weight is 310 g/mol. The van der Waals surface area contributed by atoms with E-state index in [1.165, 1.54) is 0 Å². The van der Waals surface area contributed by atoms with E-state index in [9.17, 15) is 9.59 Å². The van der Waals surface area contributed by atoms with Gasteiger partial charge >= 0.3 is 0 Å². The molecule has 0 unspecified atom stereocenters. The maximum Gasteiger partial charge on any atom is 0.262 e. The van der Waals surface area contributed by atoms with Crippen molar-refractivity contribution in [1.82, 2.24) is 0 Å². The van der Waals surface area contributed by atoms with Gasteiger partial charge in [0.15, 0.2) is 6.61 Å². The lowest BCUT2D eigenvalue weighted by Gasteiger charge is -2.19. The van der Waals surface area contributed by atoms with Gasteiger partial charge in [-0.1, -0.05) is 32.0 Å². The molecule has 0 saturated carbocycles. The maximum atomic E-state index is 12.5. The molecule has 0 bridgehead atoms. The van der Waals surface area contributed by atoms with Gasteiger partial charge in [-0.25, -0.2) is 0 Å². The van der Waals surface area contributed by atoms with Crippen molar-refractivity contribution in [2.24, 2.45) is 0 Å². The quantitative estimate of drug-likeness (QED) is 0.913. The highest BCUT2D eigenvalue weighted by Gasteiger charge is 2.18. The van der Waals surface area contributed by atoms with Gasteiger partial charge < -0.3 is 15.4 Å². The van der Waals surface area contributed by atoms with E-state index in [0.29, 0.717) is 22.9 Å². The number of rotatable bonds is 3. The Morgan fingerprint density at radius 1 is 1.22 bits per heavy atom. The highest BCUT2D eigenvalue weighted by atomic mass is 16.5. The van der Waals surface area contributed by atoms with Crippen LogP contribution in [0.25, 0.3) is 0 Å². The summed E-state index contributed by atoms with van der Waals surface area (Å²) in [7, 11) is 0. The Morgan fingerprint density at radius 2 is 2.00 bits per heavy atom. The fourth-order valence-corrected chi connectivity index (χ4v) is 2.53. The van der Waals surface area contributed by atoms with Crippen molar-refractivity contribution in [3.8, 4) is 5.75 Å². The monoisotopic (exact) mass is 310 g/mol. The number of benzene rings is 2. The Hall–Kier alpha value is -2.82. The third-order valence-electron chi connectivity index (χ3n) is 3.71. The molecule has 1 heterocycles. The first kappa shape index (κ1) is 15.1. The van der Waals surface area contributed by atoms with Crippen LogP contribution in [0, 0.1) is 0 Å². The number of anilines is 2. The number of fused-ring (bicyclic) bond motifs is 1. The summed E-state index contributed by atoms with van der Waals surface area (Å²) < 4.78 is 5.30. The van der Waals surface area contributed by atoms with Gasteiger partial charge in [0.1, 0.15) is 5.75 Å². The zero-order valence-corrected chi connectivity index (χ0v) is 13.1. The third kappa shape index (κ3) is 3.18. The molecule has 0 spiro atoms. The van der Waals surface area contributed by atoms with Crippen LogP contribution in [0.15, 0.2) is 42.5 Å². The van der Waals surface area contributed by atoms with E-state index in [-0.39, 0.29) is 18.4 Å². The van der Waals surface area contributed by atoms with Crippen molar-refractivity contribution in [3.63, 3.8) is 0 Å². The predicted molar refractivity (Wildman–Crippen MR) is 89.1 cm³/mol. The highest BCUT2D eigenvalue weighted by Crippen LogP contribution is 2.29. The number of amides is 2. The molecular weight excluding hydrogens is 292 g/mol. The summed E-state index contributed by atoms with van der Waals surface area (Å²) in [5.41, 5.74) is 2.86. The molecule has 2 aromatic carbocycles.